The summed E-state index contributed by atoms with van der Waals surface area (Å²) in [6, 6.07) is 17.7. The van der Waals surface area contributed by atoms with E-state index < -0.39 is 0 Å². The van der Waals surface area contributed by atoms with E-state index in [0.717, 1.165) is 42.3 Å². The van der Waals surface area contributed by atoms with Gasteiger partial charge in [-0.3, -0.25) is 4.79 Å². The van der Waals surface area contributed by atoms with Crippen LogP contribution in [0.4, 0.5) is 5.69 Å². The highest BCUT2D eigenvalue weighted by Gasteiger charge is 2.21. The van der Waals surface area contributed by atoms with Crippen molar-refractivity contribution in [2.24, 2.45) is 4.99 Å². The van der Waals surface area contributed by atoms with Crippen molar-refractivity contribution in [2.45, 2.75) is 32.9 Å². The Balaban J connectivity index is 0.00000300. The SMILES string of the molecule is CCNC(=NCc1ccc(N2CCCC2=O)cc1)NCc1ccc(C#N)cc1.I. The zero-order valence-corrected chi connectivity index (χ0v) is 18.8. The molecule has 1 saturated heterocycles. The lowest BCUT2D eigenvalue weighted by molar-refractivity contribution is -0.117. The highest BCUT2D eigenvalue weighted by atomic mass is 127. The van der Waals surface area contributed by atoms with Gasteiger partial charge in [-0.05, 0) is 48.7 Å². The molecule has 1 aliphatic rings. The van der Waals surface area contributed by atoms with Crippen LogP contribution in [0.15, 0.2) is 53.5 Å². The van der Waals surface area contributed by atoms with E-state index in [9.17, 15) is 4.79 Å². The number of guanidine groups is 1. The van der Waals surface area contributed by atoms with E-state index in [4.69, 9.17) is 5.26 Å². The number of nitriles is 1. The molecule has 152 valence electrons. The van der Waals surface area contributed by atoms with Crippen molar-refractivity contribution in [1.29, 1.82) is 5.26 Å². The van der Waals surface area contributed by atoms with E-state index in [1.165, 1.54) is 0 Å². The Morgan fingerprint density at radius 3 is 2.38 bits per heavy atom. The van der Waals surface area contributed by atoms with Gasteiger partial charge in [0.15, 0.2) is 5.96 Å². The van der Waals surface area contributed by atoms with Crippen LogP contribution in [-0.4, -0.2) is 25.0 Å². The van der Waals surface area contributed by atoms with E-state index in [1.807, 2.05) is 60.4 Å². The van der Waals surface area contributed by atoms with Gasteiger partial charge in [0.2, 0.25) is 5.91 Å². The van der Waals surface area contributed by atoms with Gasteiger partial charge < -0.3 is 15.5 Å². The second-order valence-electron chi connectivity index (χ2n) is 6.67. The van der Waals surface area contributed by atoms with E-state index >= 15 is 0 Å². The Morgan fingerprint density at radius 1 is 1.10 bits per heavy atom. The molecule has 0 unspecified atom stereocenters. The third-order valence-corrected chi connectivity index (χ3v) is 4.63. The minimum Gasteiger partial charge on any atom is -0.357 e. The third kappa shape index (κ3) is 6.46. The van der Waals surface area contributed by atoms with Crippen LogP contribution in [0.5, 0.6) is 0 Å². The van der Waals surface area contributed by atoms with E-state index in [2.05, 4.69) is 21.7 Å². The van der Waals surface area contributed by atoms with Gasteiger partial charge in [-0.25, -0.2) is 4.99 Å². The zero-order valence-electron chi connectivity index (χ0n) is 16.5. The molecule has 2 aromatic rings. The number of amides is 1. The topological polar surface area (TPSA) is 80.5 Å². The van der Waals surface area contributed by atoms with Crippen molar-refractivity contribution in [3.05, 3.63) is 65.2 Å². The summed E-state index contributed by atoms with van der Waals surface area (Å²) in [4.78, 5) is 18.3. The van der Waals surface area contributed by atoms with Crippen LogP contribution in [0.3, 0.4) is 0 Å². The molecule has 1 fully saturated rings. The molecule has 0 radical (unpaired) electrons. The maximum atomic E-state index is 11.8. The largest absolute Gasteiger partial charge is 0.357 e. The predicted octanol–water partition coefficient (Wildman–Crippen LogP) is 3.56. The van der Waals surface area contributed by atoms with Crippen molar-refractivity contribution in [3.8, 4) is 6.07 Å². The molecule has 0 saturated carbocycles. The fourth-order valence-electron chi connectivity index (χ4n) is 3.10. The van der Waals surface area contributed by atoms with Crippen molar-refractivity contribution in [3.63, 3.8) is 0 Å². The standard InChI is InChI=1S/C22H25N5O.HI/c1-2-24-22(25-15-18-7-5-17(14-23)6-8-18)26-16-19-9-11-20(12-10-19)27-13-3-4-21(27)28;/h5-12H,2-4,13,15-16H2,1H3,(H2,24,25,26);1H. The fraction of sp³-hybridized carbons (Fsp3) is 0.318. The molecule has 2 aromatic carbocycles. The summed E-state index contributed by atoms with van der Waals surface area (Å²) < 4.78 is 0. The Bertz CT molecular complexity index is 872. The van der Waals surface area contributed by atoms with Gasteiger partial charge in [0.05, 0.1) is 18.2 Å². The number of carbonyl (C=O) groups excluding carboxylic acids is 1. The monoisotopic (exact) mass is 503 g/mol. The molecule has 0 aromatic heterocycles. The number of nitrogens with zero attached hydrogens (tertiary/aromatic N) is 3. The Kier molecular flexibility index (Phi) is 8.93. The number of hydrogen-bond donors (Lipinski definition) is 2. The van der Waals surface area contributed by atoms with E-state index in [0.29, 0.717) is 25.1 Å². The average Bonchev–Trinajstić information content (AvgIpc) is 3.16. The molecule has 1 amide bonds. The number of benzene rings is 2. The van der Waals surface area contributed by atoms with Gasteiger partial charge in [-0.2, -0.15) is 5.26 Å². The summed E-state index contributed by atoms with van der Waals surface area (Å²) in [7, 11) is 0. The molecule has 29 heavy (non-hydrogen) atoms. The fourth-order valence-corrected chi connectivity index (χ4v) is 3.10. The van der Waals surface area contributed by atoms with Crippen LogP contribution in [-0.2, 0) is 17.9 Å². The molecule has 1 aliphatic heterocycles. The van der Waals surface area contributed by atoms with Gasteiger partial charge >= 0.3 is 0 Å². The summed E-state index contributed by atoms with van der Waals surface area (Å²) in [5.41, 5.74) is 3.79. The van der Waals surface area contributed by atoms with Crippen LogP contribution >= 0.6 is 24.0 Å². The first-order valence-corrected chi connectivity index (χ1v) is 9.60. The van der Waals surface area contributed by atoms with Crippen LogP contribution in [0, 0.1) is 11.3 Å². The number of rotatable bonds is 6. The zero-order chi connectivity index (χ0) is 19.8. The summed E-state index contributed by atoms with van der Waals surface area (Å²) in [6.45, 7) is 4.79. The number of anilines is 1. The second-order valence-corrected chi connectivity index (χ2v) is 6.67. The third-order valence-electron chi connectivity index (χ3n) is 4.63. The lowest BCUT2D eigenvalue weighted by Gasteiger charge is -2.16. The van der Waals surface area contributed by atoms with Crippen molar-refractivity contribution in [2.75, 3.05) is 18.0 Å². The van der Waals surface area contributed by atoms with Gasteiger partial charge in [0.25, 0.3) is 0 Å². The Hall–Kier alpha value is -2.60. The van der Waals surface area contributed by atoms with Gasteiger partial charge in [-0.1, -0.05) is 24.3 Å². The summed E-state index contributed by atoms with van der Waals surface area (Å²) >= 11 is 0. The van der Waals surface area contributed by atoms with E-state index in [-0.39, 0.29) is 29.9 Å². The first-order chi connectivity index (χ1) is 13.7. The summed E-state index contributed by atoms with van der Waals surface area (Å²) in [5, 5.41) is 15.4. The minimum absolute atomic E-state index is 0. The molecule has 0 atom stereocenters. The summed E-state index contributed by atoms with van der Waals surface area (Å²) in [5.74, 6) is 0.942. The lowest BCUT2D eigenvalue weighted by atomic mass is 10.1. The maximum absolute atomic E-state index is 11.8. The smallest absolute Gasteiger partial charge is 0.227 e. The maximum Gasteiger partial charge on any atom is 0.227 e. The van der Waals surface area contributed by atoms with Crippen LogP contribution in [0.1, 0.15) is 36.5 Å². The van der Waals surface area contributed by atoms with Crippen LogP contribution < -0.4 is 15.5 Å². The van der Waals surface area contributed by atoms with E-state index in [1.54, 1.807) is 0 Å². The lowest BCUT2D eigenvalue weighted by Crippen LogP contribution is -2.36. The van der Waals surface area contributed by atoms with Crippen molar-refractivity contribution in [1.82, 2.24) is 10.6 Å². The highest BCUT2D eigenvalue weighted by Crippen LogP contribution is 2.21. The van der Waals surface area contributed by atoms with Crippen LogP contribution in [0.2, 0.25) is 0 Å². The normalized spacial score (nSPS) is 13.6. The minimum atomic E-state index is 0. The second kappa shape index (κ2) is 11.4. The highest BCUT2D eigenvalue weighted by molar-refractivity contribution is 14.0. The molecule has 7 heteroatoms. The molecule has 2 N–H and O–H groups in total. The number of carbonyl (C=O) groups is 1. The molecule has 0 spiro atoms. The molecular formula is C22H26IN5O. The molecular weight excluding hydrogens is 477 g/mol. The first-order valence-electron chi connectivity index (χ1n) is 9.60. The van der Waals surface area contributed by atoms with Gasteiger partial charge in [0.1, 0.15) is 0 Å². The number of halogens is 1. The first kappa shape index (κ1) is 22.7. The van der Waals surface area contributed by atoms with Crippen molar-refractivity contribution >= 4 is 41.5 Å². The molecule has 0 bridgehead atoms. The molecule has 6 nitrogen and oxygen atoms in total. The summed E-state index contributed by atoms with van der Waals surface area (Å²) in [6.07, 6.45) is 1.57. The number of nitrogens with one attached hydrogen (secondary N) is 2. The Morgan fingerprint density at radius 2 is 1.79 bits per heavy atom. The number of hydrogen-bond acceptors (Lipinski definition) is 3. The molecule has 1 heterocycles. The molecule has 3 rings (SSSR count). The molecule has 0 aliphatic carbocycles. The van der Waals surface area contributed by atoms with Gasteiger partial charge in [0, 0.05) is 31.7 Å². The quantitative estimate of drug-likeness (QED) is 0.359. The Labute approximate surface area is 189 Å². The van der Waals surface area contributed by atoms with Crippen LogP contribution in [0.25, 0.3) is 0 Å². The number of aliphatic imine (C=N–C) groups is 1. The van der Waals surface area contributed by atoms with Crippen molar-refractivity contribution < 1.29 is 4.79 Å². The predicted molar refractivity (Wildman–Crippen MR) is 126 cm³/mol. The van der Waals surface area contributed by atoms with Gasteiger partial charge in [-0.15, -0.1) is 24.0 Å². The average molecular weight is 503 g/mol.